The third kappa shape index (κ3) is 1.63. The summed E-state index contributed by atoms with van der Waals surface area (Å²) in [7, 11) is 2.00. The van der Waals surface area contributed by atoms with Gasteiger partial charge in [-0.05, 0) is 59.4 Å². The summed E-state index contributed by atoms with van der Waals surface area (Å²) in [5, 5.41) is 3.02. The fourth-order valence-corrected chi connectivity index (χ4v) is 3.07. The fourth-order valence-electron chi connectivity index (χ4n) is 3.07. The fraction of sp³-hybridized carbons (Fsp3) is 0.235. The number of carbonyl (C=O) groups is 1. The molecule has 0 aromatic carbocycles. The van der Waals surface area contributed by atoms with Crippen LogP contribution in [-0.2, 0) is 18.4 Å². The minimum absolute atomic E-state index is 0.0175. The van der Waals surface area contributed by atoms with Crippen molar-refractivity contribution >= 4 is 5.91 Å². The van der Waals surface area contributed by atoms with E-state index in [1.807, 2.05) is 13.1 Å². The molecule has 20 heavy (non-hydrogen) atoms. The van der Waals surface area contributed by atoms with Crippen molar-refractivity contribution in [3.63, 3.8) is 0 Å². The second-order valence-corrected chi connectivity index (χ2v) is 5.70. The van der Waals surface area contributed by atoms with Gasteiger partial charge in [0.25, 0.3) is 5.91 Å². The SMILES string of the molecule is Cc1cc(CNC(=O)C2=C3C=C4CC4=C3C=C2)n(C)c1. The maximum absolute atomic E-state index is 12.3. The van der Waals surface area contributed by atoms with Crippen molar-refractivity contribution in [1.82, 2.24) is 9.88 Å². The second kappa shape index (κ2) is 3.85. The molecule has 4 rings (SSSR count). The van der Waals surface area contributed by atoms with Crippen LogP contribution in [-0.4, -0.2) is 10.5 Å². The smallest absolute Gasteiger partial charge is 0.252 e. The zero-order valence-corrected chi connectivity index (χ0v) is 11.7. The van der Waals surface area contributed by atoms with E-state index in [-0.39, 0.29) is 5.91 Å². The second-order valence-electron chi connectivity index (χ2n) is 5.70. The Morgan fingerprint density at radius 2 is 2.20 bits per heavy atom. The van der Waals surface area contributed by atoms with Crippen LogP contribution in [0.25, 0.3) is 0 Å². The largest absolute Gasteiger partial charge is 0.353 e. The molecule has 3 aliphatic carbocycles. The van der Waals surface area contributed by atoms with Gasteiger partial charge in [0.1, 0.15) is 0 Å². The molecule has 1 fully saturated rings. The first kappa shape index (κ1) is 11.5. The van der Waals surface area contributed by atoms with Gasteiger partial charge >= 0.3 is 0 Å². The topological polar surface area (TPSA) is 34.0 Å². The van der Waals surface area contributed by atoms with E-state index in [1.165, 1.54) is 22.3 Å². The number of aromatic nitrogens is 1. The average Bonchev–Trinajstić information content (AvgIpc) is 2.77. The molecular formula is C17H16N2O. The molecule has 1 aromatic heterocycles. The Hall–Kier alpha value is -2.29. The lowest BCUT2D eigenvalue weighted by molar-refractivity contribution is -0.117. The summed E-state index contributed by atoms with van der Waals surface area (Å²) in [6, 6.07) is 2.10. The van der Waals surface area contributed by atoms with Gasteiger partial charge in [0.2, 0.25) is 0 Å². The average molecular weight is 264 g/mol. The first-order valence-corrected chi connectivity index (χ1v) is 6.90. The summed E-state index contributed by atoms with van der Waals surface area (Å²) < 4.78 is 2.05. The predicted molar refractivity (Wildman–Crippen MR) is 77.9 cm³/mol. The van der Waals surface area contributed by atoms with Crippen LogP contribution in [0.1, 0.15) is 17.7 Å². The van der Waals surface area contributed by atoms with Crippen LogP contribution >= 0.6 is 0 Å². The standard InChI is InChI=1S/C17H16N2O/c1-10-5-12(19(2)9-10)8-18-17(20)14-4-3-13-15-6-11(15)7-16(13)14/h3-5,7,9H,6,8H2,1-2H3,(H,18,20). The number of amides is 1. The molecule has 1 amide bonds. The highest BCUT2D eigenvalue weighted by atomic mass is 16.1. The van der Waals surface area contributed by atoms with Crippen LogP contribution < -0.4 is 5.32 Å². The molecule has 1 aromatic rings. The van der Waals surface area contributed by atoms with Crippen LogP contribution in [0.3, 0.4) is 0 Å². The summed E-state index contributed by atoms with van der Waals surface area (Å²) in [4.78, 5) is 12.3. The summed E-state index contributed by atoms with van der Waals surface area (Å²) >= 11 is 0. The van der Waals surface area contributed by atoms with Gasteiger partial charge < -0.3 is 9.88 Å². The predicted octanol–water partition coefficient (Wildman–Crippen LogP) is 2.46. The minimum atomic E-state index is 0.0175. The molecule has 0 spiro atoms. The van der Waals surface area contributed by atoms with E-state index in [0.29, 0.717) is 6.54 Å². The number of aryl methyl sites for hydroxylation is 2. The Kier molecular flexibility index (Phi) is 2.22. The molecular weight excluding hydrogens is 248 g/mol. The van der Waals surface area contributed by atoms with Gasteiger partial charge in [-0.3, -0.25) is 4.79 Å². The van der Waals surface area contributed by atoms with Gasteiger partial charge in [0.05, 0.1) is 6.54 Å². The highest BCUT2D eigenvalue weighted by Crippen LogP contribution is 2.51. The van der Waals surface area contributed by atoms with Crippen LogP contribution in [0.2, 0.25) is 0 Å². The Morgan fingerprint density at radius 3 is 2.95 bits per heavy atom. The normalized spacial score (nSPS) is 18.4. The number of hydrogen-bond acceptors (Lipinski definition) is 1. The number of allylic oxidation sites excluding steroid dienone is 6. The monoisotopic (exact) mass is 264 g/mol. The van der Waals surface area contributed by atoms with E-state index in [4.69, 9.17) is 0 Å². The molecule has 0 unspecified atom stereocenters. The van der Waals surface area contributed by atoms with Gasteiger partial charge in [0, 0.05) is 24.5 Å². The molecule has 0 atom stereocenters. The Morgan fingerprint density at radius 1 is 1.35 bits per heavy atom. The van der Waals surface area contributed by atoms with Gasteiger partial charge in [-0.25, -0.2) is 0 Å². The molecule has 3 nitrogen and oxygen atoms in total. The number of carbonyl (C=O) groups excluding carboxylic acids is 1. The molecule has 1 heterocycles. The lowest BCUT2D eigenvalue weighted by atomic mass is 10.1. The van der Waals surface area contributed by atoms with Gasteiger partial charge in [-0.1, -0.05) is 6.08 Å². The van der Waals surface area contributed by atoms with E-state index in [0.717, 1.165) is 23.3 Å². The van der Waals surface area contributed by atoms with Crippen molar-refractivity contribution in [1.29, 1.82) is 0 Å². The third-order valence-electron chi connectivity index (χ3n) is 4.19. The number of hydrogen-bond donors (Lipinski definition) is 1. The molecule has 3 heteroatoms. The van der Waals surface area contributed by atoms with Crippen LogP contribution in [0.5, 0.6) is 0 Å². The molecule has 0 radical (unpaired) electrons. The molecule has 3 aliphatic rings. The van der Waals surface area contributed by atoms with Gasteiger partial charge in [-0.15, -0.1) is 0 Å². The molecule has 1 N–H and O–H groups in total. The third-order valence-corrected chi connectivity index (χ3v) is 4.19. The highest BCUT2D eigenvalue weighted by molar-refractivity contribution is 6.01. The van der Waals surface area contributed by atoms with Crippen molar-refractivity contribution in [2.45, 2.75) is 19.9 Å². The number of rotatable bonds is 3. The molecule has 0 aliphatic heterocycles. The van der Waals surface area contributed by atoms with E-state index in [9.17, 15) is 4.79 Å². The van der Waals surface area contributed by atoms with E-state index >= 15 is 0 Å². The van der Waals surface area contributed by atoms with Crippen LogP contribution in [0, 0.1) is 6.92 Å². The van der Waals surface area contributed by atoms with E-state index in [1.54, 1.807) is 0 Å². The number of nitrogens with zero attached hydrogens (tertiary/aromatic N) is 1. The molecule has 1 saturated carbocycles. The lowest BCUT2D eigenvalue weighted by Gasteiger charge is -2.07. The summed E-state index contributed by atoms with van der Waals surface area (Å²) in [5.74, 6) is 0.0175. The maximum atomic E-state index is 12.3. The van der Waals surface area contributed by atoms with E-state index < -0.39 is 0 Å². The molecule has 100 valence electrons. The number of fused-ring (bicyclic) bond motifs is 2. The minimum Gasteiger partial charge on any atom is -0.353 e. The molecule has 0 bridgehead atoms. The van der Waals surface area contributed by atoms with Crippen molar-refractivity contribution in [3.05, 3.63) is 69.6 Å². The van der Waals surface area contributed by atoms with Crippen LogP contribution in [0.4, 0.5) is 0 Å². The first-order valence-electron chi connectivity index (χ1n) is 6.90. The van der Waals surface area contributed by atoms with Crippen molar-refractivity contribution in [2.75, 3.05) is 0 Å². The van der Waals surface area contributed by atoms with Gasteiger partial charge in [-0.2, -0.15) is 0 Å². The van der Waals surface area contributed by atoms with Gasteiger partial charge in [0.15, 0.2) is 0 Å². The van der Waals surface area contributed by atoms with Crippen molar-refractivity contribution in [3.8, 4) is 0 Å². The molecule has 0 saturated heterocycles. The Bertz CT molecular complexity index is 769. The maximum Gasteiger partial charge on any atom is 0.252 e. The number of nitrogens with one attached hydrogen (secondary N) is 1. The zero-order chi connectivity index (χ0) is 13.9. The summed E-state index contributed by atoms with van der Waals surface area (Å²) in [6.45, 7) is 2.63. The lowest BCUT2D eigenvalue weighted by Crippen LogP contribution is -2.25. The van der Waals surface area contributed by atoms with Crippen LogP contribution in [0.15, 0.2) is 58.4 Å². The van der Waals surface area contributed by atoms with E-state index in [2.05, 4.69) is 41.2 Å². The zero-order valence-electron chi connectivity index (χ0n) is 11.7. The Labute approximate surface area is 118 Å². The summed E-state index contributed by atoms with van der Waals surface area (Å²) in [5.41, 5.74) is 8.35. The quantitative estimate of drug-likeness (QED) is 0.894. The Balaban J connectivity index is 1.51. The van der Waals surface area contributed by atoms with Crippen molar-refractivity contribution in [2.24, 2.45) is 7.05 Å². The van der Waals surface area contributed by atoms with Crippen molar-refractivity contribution < 1.29 is 4.79 Å². The first-order chi connectivity index (χ1) is 9.63. The summed E-state index contributed by atoms with van der Waals surface area (Å²) in [6.07, 6.45) is 9.35. The highest BCUT2D eigenvalue weighted by Gasteiger charge is 2.35.